The van der Waals surface area contributed by atoms with Crippen molar-refractivity contribution >= 4 is 16.8 Å². The van der Waals surface area contributed by atoms with Gasteiger partial charge in [0, 0.05) is 23.1 Å². The molecule has 2 aliphatic heterocycles. The van der Waals surface area contributed by atoms with Crippen molar-refractivity contribution in [3.8, 4) is 0 Å². The van der Waals surface area contributed by atoms with Gasteiger partial charge in [-0.15, -0.1) is 0 Å². The maximum Gasteiger partial charge on any atom is 0.238 e. The average molecular weight is 227 g/mol. The van der Waals surface area contributed by atoms with Crippen LogP contribution < -0.4 is 5.32 Å². The van der Waals surface area contributed by atoms with Crippen LogP contribution in [-0.4, -0.2) is 28.5 Å². The highest BCUT2D eigenvalue weighted by molar-refractivity contribution is 5.88. The molecule has 17 heavy (non-hydrogen) atoms. The van der Waals surface area contributed by atoms with Crippen LogP contribution >= 0.6 is 0 Å². The topological polar surface area (TPSA) is 48.1 Å². The Hall–Kier alpha value is -1.81. The zero-order valence-corrected chi connectivity index (χ0v) is 9.36. The number of aromatic nitrogens is 1. The van der Waals surface area contributed by atoms with E-state index in [2.05, 4.69) is 33.4 Å². The molecule has 1 aromatic carbocycles. The Kier molecular flexibility index (Phi) is 1.69. The van der Waals surface area contributed by atoms with Crippen LogP contribution in [0.4, 0.5) is 0 Å². The summed E-state index contributed by atoms with van der Waals surface area (Å²) in [5.74, 6) is 0.168. The van der Waals surface area contributed by atoms with Gasteiger partial charge in [0.05, 0.1) is 12.7 Å². The molecular weight excluding hydrogens is 214 g/mol. The first-order chi connectivity index (χ1) is 8.33. The third-order valence-corrected chi connectivity index (χ3v) is 3.86. The van der Waals surface area contributed by atoms with Crippen molar-refractivity contribution in [3.05, 3.63) is 35.5 Å². The molecule has 0 saturated carbocycles. The van der Waals surface area contributed by atoms with Gasteiger partial charge >= 0.3 is 0 Å². The number of para-hydroxylation sites is 1. The lowest BCUT2D eigenvalue weighted by molar-refractivity contribution is -0.121. The molecule has 0 radical (unpaired) electrons. The Labute approximate surface area is 98.6 Å². The molecule has 0 bridgehead atoms. The van der Waals surface area contributed by atoms with Crippen molar-refractivity contribution in [1.82, 2.24) is 15.2 Å². The first-order valence-electron chi connectivity index (χ1n) is 5.93. The maximum absolute atomic E-state index is 11.7. The van der Waals surface area contributed by atoms with Crippen molar-refractivity contribution in [2.75, 3.05) is 6.67 Å². The van der Waals surface area contributed by atoms with Crippen LogP contribution in [0.5, 0.6) is 0 Å². The second kappa shape index (κ2) is 3.11. The van der Waals surface area contributed by atoms with Crippen LogP contribution in [0.1, 0.15) is 11.3 Å². The molecule has 1 unspecified atom stereocenters. The number of nitrogens with one attached hydrogen (secondary N) is 2. The molecule has 3 heterocycles. The molecule has 4 nitrogen and oxygen atoms in total. The molecule has 1 saturated heterocycles. The molecule has 86 valence electrons. The fraction of sp³-hybridized carbons (Fsp3) is 0.308. The van der Waals surface area contributed by atoms with Crippen LogP contribution in [0.25, 0.3) is 10.9 Å². The van der Waals surface area contributed by atoms with Crippen molar-refractivity contribution in [1.29, 1.82) is 0 Å². The quantitative estimate of drug-likeness (QED) is 0.705. The van der Waals surface area contributed by atoms with Crippen LogP contribution in [0.15, 0.2) is 24.3 Å². The summed E-state index contributed by atoms with van der Waals surface area (Å²) in [7, 11) is 0. The maximum atomic E-state index is 11.7. The normalized spacial score (nSPS) is 23.5. The summed E-state index contributed by atoms with van der Waals surface area (Å²) in [5.41, 5.74) is 3.76. The summed E-state index contributed by atoms with van der Waals surface area (Å²) in [5, 5.41) is 4.17. The highest BCUT2D eigenvalue weighted by Gasteiger charge is 2.37. The van der Waals surface area contributed by atoms with E-state index in [0.29, 0.717) is 6.67 Å². The Morgan fingerprint density at radius 2 is 2.18 bits per heavy atom. The molecule has 1 fully saturated rings. The van der Waals surface area contributed by atoms with E-state index in [0.717, 1.165) is 13.0 Å². The molecule has 1 atom stereocenters. The largest absolute Gasteiger partial charge is 0.357 e. The number of fused-ring (bicyclic) bond motifs is 4. The predicted molar refractivity (Wildman–Crippen MR) is 64.3 cm³/mol. The van der Waals surface area contributed by atoms with Gasteiger partial charge in [-0.1, -0.05) is 18.2 Å². The van der Waals surface area contributed by atoms with E-state index < -0.39 is 0 Å². The fourth-order valence-corrected chi connectivity index (χ4v) is 2.98. The van der Waals surface area contributed by atoms with Gasteiger partial charge in [-0.2, -0.15) is 0 Å². The van der Waals surface area contributed by atoms with Gasteiger partial charge in [0.25, 0.3) is 0 Å². The first-order valence-corrected chi connectivity index (χ1v) is 5.93. The van der Waals surface area contributed by atoms with Gasteiger partial charge in [-0.3, -0.25) is 9.69 Å². The number of amides is 1. The molecular formula is C13H13N3O. The van der Waals surface area contributed by atoms with Crippen LogP contribution in [0.3, 0.4) is 0 Å². The summed E-state index contributed by atoms with van der Waals surface area (Å²) in [4.78, 5) is 17.4. The standard InChI is InChI=1S/C13H13N3O/c17-13-12-5-9-8-3-1-2-4-10(8)15-11(9)6-16(12)7-14-13/h1-4,12,15H,5-7H2,(H,14,17). The molecule has 4 rings (SSSR count). The van der Waals surface area contributed by atoms with Gasteiger partial charge in [-0.05, 0) is 18.1 Å². The third-order valence-electron chi connectivity index (χ3n) is 3.86. The number of hydrogen-bond donors (Lipinski definition) is 2. The van der Waals surface area contributed by atoms with Crippen LogP contribution in [0.2, 0.25) is 0 Å². The molecule has 1 amide bonds. The lowest BCUT2D eigenvalue weighted by atomic mass is 9.97. The van der Waals surface area contributed by atoms with E-state index in [1.807, 2.05) is 6.07 Å². The molecule has 0 aliphatic carbocycles. The van der Waals surface area contributed by atoms with E-state index in [4.69, 9.17) is 0 Å². The highest BCUT2D eigenvalue weighted by Crippen LogP contribution is 2.31. The van der Waals surface area contributed by atoms with E-state index in [1.165, 1.54) is 22.2 Å². The fourth-order valence-electron chi connectivity index (χ4n) is 2.98. The van der Waals surface area contributed by atoms with Crippen molar-refractivity contribution < 1.29 is 4.79 Å². The number of carbonyl (C=O) groups excluding carboxylic acids is 1. The summed E-state index contributed by atoms with van der Waals surface area (Å²) >= 11 is 0. The monoisotopic (exact) mass is 227 g/mol. The number of benzene rings is 1. The Bertz CT molecular complexity index is 616. The molecule has 2 aromatic rings. The summed E-state index contributed by atoms with van der Waals surface area (Å²) in [6.07, 6.45) is 0.825. The van der Waals surface area contributed by atoms with E-state index >= 15 is 0 Å². The summed E-state index contributed by atoms with van der Waals surface area (Å²) in [6, 6.07) is 8.35. The molecule has 2 N–H and O–H groups in total. The average Bonchev–Trinajstić information content (AvgIpc) is 2.88. The van der Waals surface area contributed by atoms with Crippen molar-refractivity contribution in [2.24, 2.45) is 0 Å². The van der Waals surface area contributed by atoms with Crippen molar-refractivity contribution in [2.45, 2.75) is 19.0 Å². The Morgan fingerprint density at radius 3 is 3.12 bits per heavy atom. The molecule has 4 heteroatoms. The van der Waals surface area contributed by atoms with Crippen molar-refractivity contribution in [3.63, 3.8) is 0 Å². The van der Waals surface area contributed by atoms with Gasteiger partial charge in [-0.25, -0.2) is 0 Å². The third kappa shape index (κ3) is 1.18. The van der Waals surface area contributed by atoms with E-state index in [9.17, 15) is 4.79 Å². The molecule has 0 spiro atoms. The first kappa shape index (κ1) is 9.24. The van der Waals surface area contributed by atoms with Crippen LogP contribution in [-0.2, 0) is 17.8 Å². The second-order valence-electron chi connectivity index (χ2n) is 4.79. The number of carbonyl (C=O) groups is 1. The zero-order valence-electron chi connectivity index (χ0n) is 9.36. The van der Waals surface area contributed by atoms with E-state index in [1.54, 1.807) is 0 Å². The van der Waals surface area contributed by atoms with Gasteiger partial charge in [0.15, 0.2) is 0 Å². The van der Waals surface area contributed by atoms with Crippen LogP contribution in [0, 0.1) is 0 Å². The smallest absolute Gasteiger partial charge is 0.238 e. The number of aromatic amines is 1. The predicted octanol–water partition coefficient (Wildman–Crippen LogP) is 0.982. The Balaban J connectivity index is 1.88. The number of nitrogens with zero attached hydrogens (tertiary/aromatic N) is 1. The lowest BCUT2D eigenvalue weighted by Gasteiger charge is -2.26. The lowest BCUT2D eigenvalue weighted by Crippen LogP contribution is -2.38. The minimum atomic E-state index is 0.0294. The number of hydrogen-bond acceptors (Lipinski definition) is 2. The zero-order chi connectivity index (χ0) is 11.4. The Morgan fingerprint density at radius 1 is 1.29 bits per heavy atom. The minimum Gasteiger partial charge on any atom is -0.357 e. The van der Waals surface area contributed by atoms with Gasteiger partial charge in [0.1, 0.15) is 0 Å². The SMILES string of the molecule is O=C1NCN2Cc3[nH]c4ccccc4c3CC12. The highest BCUT2D eigenvalue weighted by atomic mass is 16.2. The second-order valence-corrected chi connectivity index (χ2v) is 4.79. The minimum absolute atomic E-state index is 0.0294. The van der Waals surface area contributed by atoms with Gasteiger partial charge in [0.2, 0.25) is 5.91 Å². The number of rotatable bonds is 0. The van der Waals surface area contributed by atoms with E-state index in [-0.39, 0.29) is 11.9 Å². The molecule has 2 aliphatic rings. The summed E-state index contributed by atoms with van der Waals surface area (Å²) in [6.45, 7) is 1.52. The number of H-pyrrole nitrogens is 1. The molecule has 1 aromatic heterocycles. The van der Waals surface area contributed by atoms with Gasteiger partial charge < -0.3 is 10.3 Å². The summed E-state index contributed by atoms with van der Waals surface area (Å²) < 4.78 is 0.